The first-order valence-electron chi connectivity index (χ1n) is 14.4. The predicted molar refractivity (Wildman–Crippen MR) is 151 cm³/mol. The number of carbonyl (C=O) groups excluding carboxylic acids is 1. The van der Waals surface area contributed by atoms with Crippen LogP contribution in [0.15, 0.2) is 17.0 Å². The van der Waals surface area contributed by atoms with E-state index < -0.39 is 10.0 Å². The lowest BCUT2D eigenvalue weighted by molar-refractivity contribution is -0.122. The minimum absolute atomic E-state index is 0.0577. The molecule has 3 unspecified atom stereocenters. The second kappa shape index (κ2) is 12.7. The summed E-state index contributed by atoms with van der Waals surface area (Å²) in [7, 11) is 1.65. The van der Waals surface area contributed by atoms with Crippen molar-refractivity contribution in [2.45, 2.75) is 69.7 Å². The Balaban J connectivity index is 1.21. The van der Waals surface area contributed by atoms with Crippen molar-refractivity contribution in [3.05, 3.63) is 23.3 Å². The van der Waals surface area contributed by atoms with Gasteiger partial charge in [-0.1, -0.05) is 0 Å². The summed E-state index contributed by atoms with van der Waals surface area (Å²) in [6.07, 6.45) is 7.30. The molecule has 214 valence electrons. The van der Waals surface area contributed by atoms with Crippen LogP contribution in [0.25, 0.3) is 0 Å². The van der Waals surface area contributed by atoms with E-state index in [-0.39, 0.29) is 24.9 Å². The molecule has 3 aliphatic rings. The molecule has 0 bridgehead atoms. The Morgan fingerprint density at radius 2 is 1.82 bits per heavy atom. The van der Waals surface area contributed by atoms with Crippen LogP contribution in [0.4, 0.5) is 0 Å². The van der Waals surface area contributed by atoms with Crippen LogP contribution in [0.2, 0.25) is 0 Å². The van der Waals surface area contributed by atoms with E-state index in [1.807, 2.05) is 0 Å². The van der Waals surface area contributed by atoms with Crippen LogP contribution in [-0.2, 0) is 14.8 Å². The Labute approximate surface area is 230 Å². The average molecular weight is 549 g/mol. The van der Waals surface area contributed by atoms with Gasteiger partial charge in [0.15, 0.2) is 0 Å². The zero-order chi connectivity index (χ0) is 27.4. The van der Waals surface area contributed by atoms with Crippen molar-refractivity contribution in [3.8, 4) is 5.75 Å². The maximum Gasteiger partial charge on any atom is 0.243 e. The number of likely N-dealkylation sites (tertiary alicyclic amines) is 2. The molecule has 1 aromatic rings. The second-order valence-corrected chi connectivity index (χ2v) is 14.0. The van der Waals surface area contributed by atoms with E-state index in [1.165, 1.54) is 62.7 Å². The van der Waals surface area contributed by atoms with Gasteiger partial charge in [0.2, 0.25) is 15.9 Å². The number of sulfonamides is 1. The van der Waals surface area contributed by atoms with Gasteiger partial charge >= 0.3 is 0 Å². The van der Waals surface area contributed by atoms with Gasteiger partial charge < -0.3 is 19.9 Å². The standard InChI is InChI=1S/C29H48N4O4S/c1-21-16-27(37-5)17-22(2)29(21)38(35,36)32(4)13-11-28(34)30-26-7-6-25-20-33(15-10-24(25)18-26)14-9-23-8-12-31(3)19-23/h16-17,23-26H,6-15,18-20H2,1-5H3,(H,30,34)/t23?,24?,25-,26?/m0/s1. The van der Waals surface area contributed by atoms with Crippen molar-refractivity contribution < 1.29 is 17.9 Å². The van der Waals surface area contributed by atoms with E-state index in [9.17, 15) is 13.2 Å². The number of ether oxygens (including phenoxy) is 1. The molecule has 1 aliphatic carbocycles. The first-order valence-corrected chi connectivity index (χ1v) is 15.8. The van der Waals surface area contributed by atoms with Gasteiger partial charge in [-0.2, -0.15) is 0 Å². The number of fused-ring (bicyclic) bond motifs is 1. The van der Waals surface area contributed by atoms with Crippen LogP contribution in [0.5, 0.6) is 5.75 Å². The fourth-order valence-electron chi connectivity index (χ4n) is 6.92. The van der Waals surface area contributed by atoms with E-state index in [4.69, 9.17) is 4.74 Å². The maximum atomic E-state index is 13.2. The molecule has 38 heavy (non-hydrogen) atoms. The van der Waals surface area contributed by atoms with Crippen LogP contribution >= 0.6 is 0 Å². The van der Waals surface area contributed by atoms with Gasteiger partial charge in [0.05, 0.1) is 12.0 Å². The summed E-state index contributed by atoms with van der Waals surface area (Å²) in [5.74, 6) is 2.88. The first kappa shape index (κ1) is 29.3. The number of hydrogen-bond donors (Lipinski definition) is 1. The van der Waals surface area contributed by atoms with Crippen LogP contribution in [0.1, 0.15) is 56.1 Å². The van der Waals surface area contributed by atoms with E-state index in [0.29, 0.717) is 27.7 Å². The third-order valence-electron chi connectivity index (χ3n) is 9.15. The lowest BCUT2D eigenvalue weighted by Gasteiger charge is -2.44. The fourth-order valence-corrected chi connectivity index (χ4v) is 8.50. The van der Waals surface area contributed by atoms with E-state index in [1.54, 1.807) is 40.1 Å². The Hall–Kier alpha value is -1.68. The second-order valence-electron chi connectivity index (χ2n) is 12.1. The molecule has 2 heterocycles. The van der Waals surface area contributed by atoms with Crippen molar-refractivity contribution in [2.24, 2.45) is 17.8 Å². The third kappa shape index (κ3) is 7.09. The van der Waals surface area contributed by atoms with Crippen LogP contribution in [0.3, 0.4) is 0 Å². The highest BCUT2D eigenvalue weighted by Gasteiger charge is 2.35. The van der Waals surface area contributed by atoms with Gasteiger partial charge in [-0.25, -0.2) is 12.7 Å². The summed E-state index contributed by atoms with van der Waals surface area (Å²) in [5.41, 5.74) is 1.29. The number of nitrogens with zero attached hydrogens (tertiary/aromatic N) is 3. The average Bonchev–Trinajstić information content (AvgIpc) is 3.30. The molecule has 0 spiro atoms. The Bertz CT molecular complexity index is 1060. The fraction of sp³-hybridized carbons (Fsp3) is 0.759. The summed E-state index contributed by atoms with van der Waals surface area (Å²) in [6, 6.07) is 3.67. The van der Waals surface area contributed by atoms with Crippen molar-refractivity contribution in [3.63, 3.8) is 0 Å². The highest BCUT2D eigenvalue weighted by molar-refractivity contribution is 7.89. The van der Waals surface area contributed by atoms with Crippen molar-refractivity contribution in [2.75, 3.05) is 60.5 Å². The normalized spacial score (nSPS) is 26.9. The Kier molecular flexibility index (Phi) is 9.77. The quantitative estimate of drug-likeness (QED) is 0.483. The van der Waals surface area contributed by atoms with Crippen molar-refractivity contribution in [1.29, 1.82) is 0 Å². The Morgan fingerprint density at radius 3 is 2.47 bits per heavy atom. The zero-order valence-electron chi connectivity index (χ0n) is 24.0. The van der Waals surface area contributed by atoms with Crippen LogP contribution < -0.4 is 10.1 Å². The topological polar surface area (TPSA) is 82.2 Å². The van der Waals surface area contributed by atoms with Gasteiger partial charge in [-0.3, -0.25) is 4.79 Å². The number of piperidine rings is 1. The summed E-state index contributed by atoms with van der Waals surface area (Å²) >= 11 is 0. The van der Waals surface area contributed by atoms with E-state index in [2.05, 4.69) is 22.2 Å². The maximum absolute atomic E-state index is 13.2. The molecule has 1 aromatic carbocycles. The largest absolute Gasteiger partial charge is 0.497 e. The molecule has 3 fully saturated rings. The minimum Gasteiger partial charge on any atom is -0.497 e. The van der Waals surface area contributed by atoms with E-state index in [0.717, 1.165) is 24.7 Å². The molecule has 0 aromatic heterocycles. The number of hydrogen-bond acceptors (Lipinski definition) is 6. The molecular weight excluding hydrogens is 500 g/mol. The Morgan fingerprint density at radius 1 is 1.08 bits per heavy atom. The van der Waals surface area contributed by atoms with Gasteiger partial charge in [0.25, 0.3) is 0 Å². The number of methoxy groups -OCH3 is 1. The molecule has 1 amide bonds. The number of amides is 1. The monoisotopic (exact) mass is 548 g/mol. The van der Waals surface area contributed by atoms with Crippen LogP contribution in [0, 0.1) is 31.6 Å². The van der Waals surface area contributed by atoms with Crippen LogP contribution in [-0.4, -0.2) is 94.9 Å². The number of nitrogens with one attached hydrogen (secondary N) is 1. The molecule has 1 saturated carbocycles. The van der Waals surface area contributed by atoms with E-state index >= 15 is 0 Å². The number of aryl methyl sites for hydroxylation is 2. The molecule has 2 saturated heterocycles. The molecule has 9 heteroatoms. The number of carbonyl (C=O) groups is 1. The highest BCUT2D eigenvalue weighted by Crippen LogP contribution is 2.37. The van der Waals surface area contributed by atoms with Gasteiger partial charge in [-0.15, -0.1) is 0 Å². The van der Waals surface area contributed by atoms with Crippen molar-refractivity contribution >= 4 is 15.9 Å². The SMILES string of the molecule is COc1cc(C)c(S(=O)(=O)N(C)CCC(=O)NC2CC[C@H]3CN(CCC4CCN(C)C4)CCC3C2)c(C)c1. The number of rotatable bonds is 10. The lowest BCUT2D eigenvalue weighted by Crippen LogP contribution is -2.48. The summed E-state index contributed by atoms with van der Waals surface area (Å²) in [6.45, 7) is 9.83. The highest BCUT2D eigenvalue weighted by atomic mass is 32.2. The minimum atomic E-state index is -3.70. The molecule has 8 nitrogen and oxygen atoms in total. The molecule has 2 aliphatic heterocycles. The third-order valence-corrected chi connectivity index (χ3v) is 11.3. The molecule has 4 rings (SSSR count). The molecule has 4 atom stereocenters. The number of benzene rings is 1. The molecule has 0 radical (unpaired) electrons. The summed E-state index contributed by atoms with van der Waals surface area (Å²) in [5, 5.41) is 3.22. The predicted octanol–water partition coefficient (Wildman–Crippen LogP) is 3.27. The van der Waals surface area contributed by atoms with Gasteiger partial charge in [0, 0.05) is 39.1 Å². The van der Waals surface area contributed by atoms with Gasteiger partial charge in [0.1, 0.15) is 5.75 Å². The summed E-state index contributed by atoms with van der Waals surface area (Å²) in [4.78, 5) is 18.2. The molecular formula is C29H48N4O4S. The molecule has 1 N–H and O–H groups in total. The lowest BCUT2D eigenvalue weighted by atomic mass is 9.73. The first-order chi connectivity index (χ1) is 18.1. The smallest absolute Gasteiger partial charge is 0.243 e. The summed E-state index contributed by atoms with van der Waals surface area (Å²) < 4.78 is 33.0. The van der Waals surface area contributed by atoms with Crippen molar-refractivity contribution in [1.82, 2.24) is 19.4 Å². The van der Waals surface area contributed by atoms with Gasteiger partial charge in [-0.05, 0) is 120 Å². The zero-order valence-corrected chi connectivity index (χ0v) is 24.9.